The molecule has 0 bridgehead atoms. The van der Waals surface area contributed by atoms with Gasteiger partial charge in [0.2, 0.25) is 0 Å². The Morgan fingerprint density at radius 2 is 2.29 bits per heavy atom. The first-order valence-electron chi connectivity index (χ1n) is 4.56. The van der Waals surface area contributed by atoms with E-state index in [1.807, 2.05) is 0 Å². The lowest BCUT2D eigenvalue weighted by Crippen LogP contribution is -2.26. The number of aryl methyl sites for hydroxylation is 1. The zero-order chi connectivity index (χ0) is 10.3. The van der Waals surface area contributed by atoms with E-state index in [-0.39, 0.29) is 19.4 Å². The second-order valence-electron chi connectivity index (χ2n) is 3.69. The summed E-state index contributed by atoms with van der Waals surface area (Å²) in [7, 11) is 1.72. The van der Waals surface area contributed by atoms with Crippen molar-refractivity contribution in [2.24, 2.45) is 7.05 Å². The van der Waals surface area contributed by atoms with Gasteiger partial charge in [-0.15, -0.1) is 0 Å². The van der Waals surface area contributed by atoms with E-state index in [9.17, 15) is 8.78 Å². The molecule has 0 amide bonds. The minimum atomic E-state index is -2.64. The zero-order valence-electron chi connectivity index (χ0n) is 7.93. The quantitative estimate of drug-likeness (QED) is 0.738. The van der Waals surface area contributed by atoms with Gasteiger partial charge in [-0.1, -0.05) is 0 Å². The van der Waals surface area contributed by atoms with Crippen molar-refractivity contribution < 1.29 is 13.9 Å². The van der Waals surface area contributed by atoms with Crippen molar-refractivity contribution in [3.63, 3.8) is 0 Å². The summed E-state index contributed by atoms with van der Waals surface area (Å²) in [5, 5.41) is 13.0. The lowest BCUT2D eigenvalue weighted by molar-refractivity contribution is -0.0131. The van der Waals surface area contributed by atoms with Crippen LogP contribution in [0.3, 0.4) is 0 Å². The molecule has 1 heterocycles. The monoisotopic (exact) mass is 202 g/mol. The SMILES string of the molecule is Cn1nc(CO)c2c1CCC(F)(F)C2. The highest BCUT2D eigenvalue weighted by atomic mass is 19.3. The van der Waals surface area contributed by atoms with Crippen LogP contribution in [0.5, 0.6) is 0 Å². The Hall–Kier alpha value is -0.970. The van der Waals surface area contributed by atoms with Crippen LogP contribution in [0.25, 0.3) is 0 Å². The number of hydrogen-bond donors (Lipinski definition) is 1. The van der Waals surface area contributed by atoms with Crippen molar-refractivity contribution in [3.05, 3.63) is 17.0 Å². The summed E-state index contributed by atoms with van der Waals surface area (Å²) in [6.07, 6.45) is -0.0672. The molecule has 14 heavy (non-hydrogen) atoms. The van der Waals surface area contributed by atoms with Gasteiger partial charge in [0, 0.05) is 31.1 Å². The lowest BCUT2D eigenvalue weighted by atomic mass is 9.92. The molecule has 1 N–H and O–H groups in total. The number of rotatable bonds is 1. The third kappa shape index (κ3) is 1.41. The van der Waals surface area contributed by atoms with E-state index < -0.39 is 5.92 Å². The highest BCUT2D eigenvalue weighted by Gasteiger charge is 2.37. The van der Waals surface area contributed by atoms with Crippen LogP contribution in [0.1, 0.15) is 23.4 Å². The van der Waals surface area contributed by atoms with Gasteiger partial charge in [0.05, 0.1) is 12.3 Å². The van der Waals surface area contributed by atoms with Crippen LogP contribution in [0, 0.1) is 0 Å². The topological polar surface area (TPSA) is 38.0 Å². The first-order valence-corrected chi connectivity index (χ1v) is 4.56. The number of hydrogen-bond acceptors (Lipinski definition) is 2. The molecule has 2 rings (SSSR count). The summed E-state index contributed by atoms with van der Waals surface area (Å²) in [4.78, 5) is 0. The molecule has 0 saturated heterocycles. The molecule has 0 spiro atoms. The second-order valence-corrected chi connectivity index (χ2v) is 3.69. The Morgan fingerprint density at radius 1 is 1.57 bits per heavy atom. The second kappa shape index (κ2) is 3.02. The summed E-state index contributed by atoms with van der Waals surface area (Å²) >= 11 is 0. The van der Waals surface area contributed by atoms with Crippen LogP contribution in [0.2, 0.25) is 0 Å². The van der Waals surface area contributed by atoms with Gasteiger partial charge in [-0.05, 0) is 6.42 Å². The van der Waals surface area contributed by atoms with E-state index >= 15 is 0 Å². The number of aliphatic hydroxyl groups excluding tert-OH is 1. The van der Waals surface area contributed by atoms with Gasteiger partial charge in [0.15, 0.2) is 0 Å². The van der Waals surface area contributed by atoms with Crippen molar-refractivity contribution in [2.45, 2.75) is 31.8 Å². The molecule has 0 radical (unpaired) electrons. The number of aromatic nitrogens is 2. The molecule has 0 atom stereocenters. The number of fused-ring (bicyclic) bond motifs is 1. The number of halogens is 2. The molecule has 5 heteroatoms. The fraction of sp³-hybridized carbons (Fsp3) is 0.667. The Morgan fingerprint density at radius 3 is 2.93 bits per heavy atom. The van der Waals surface area contributed by atoms with Gasteiger partial charge in [0.25, 0.3) is 5.92 Å². The predicted octanol–water partition coefficient (Wildman–Crippen LogP) is 1.04. The maximum atomic E-state index is 13.1. The van der Waals surface area contributed by atoms with Crippen molar-refractivity contribution in [3.8, 4) is 0 Å². The van der Waals surface area contributed by atoms with Crippen LogP contribution in [-0.2, 0) is 26.5 Å². The van der Waals surface area contributed by atoms with E-state index in [4.69, 9.17) is 5.11 Å². The van der Waals surface area contributed by atoms with Crippen LogP contribution in [0.4, 0.5) is 8.78 Å². The third-order valence-electron chi connectivity index (χ3n) is 2.67. The van der Waals surface area contributed by atoms with Crippen LogP contribution in [0.15, 0.2) is 0 Å². The normalized spacial score (nSPS) is 19.4. The predicted molar refractivity (Wildman–Crippen MR) is 46.1 cm³/mol. The Bertz CT molecular complexity index is 360. The van der Waals surface area contributed by atoms with E-state index in [1.165, 1.54) is 0 Å². The molecule has 1 aliphatic rings. The summed E-state index contributed by atoms with van der Waals surface area (Å²) < 4.78 is 27.8. The molecule has 1 aliphatic carbocycles. The molecule has 78 valence electrons. The smallest absolute Gasteiger partial charge is 0.252 e. The molecule has 1 aromatic heterocycles. The van der Waals surface area contributed by atoms with Crippen LogP contribution in [-0.4, -0.2) is 20.8 Å². The van der Waals surface area contributed by atoms with Gasteiger partial charge >= 0.3 is 0 Å². The van der Waals surface area contributed by atoms with Crippen LogP contribution < -0.4 is 0 Å². The molecular formula is C9H12F2N2O. The summed E-state index contributed by atoms with van der Waals surface area (Å²) in [6, 6.07) is 0. The minimum absolute atomic E-state index is 0.121. The van der Waals surface area contributed by atoms with Crippen molar-refractivity contribution in [1.82, 2.24) is 9.78 Å². The van der Waals surface area contributed by atoms with Gasteiger partial charge in [-0.2, -0.15) is 5.10 Å². The van der Waals surface area contributed by atoms with E-state index in [0.29, 0.717) is 17.7 Å². The molecule has 0 aliphatic heterocycles. The summed E-state index contributed by atoms with van der Waals surface area (Å²) in [5.41, 5.74) is 1.76. The number of alkyl halides is 2. The van der Waals surface area contributed by atoms with Crippen molar-refractivity contribution in [1.29, 1.82) is 0 Å². The standard InChI is InChI=1S/C9H12F2N2O/c1-13-8-2-3-9(10,11)4-6(8)7(5-14)12-13/h14H,2-5H2,1H3. The molecule has 3 nitrogen and oxygen atoms in total. The molecule has 0 aromatic carbocycles. The van der Waals surface area contributed by atoms with E-state index in [0.717, 1.165) is 5.69 Å². The minimum Gasteiger partial charge on any atom is -0.390 e. The largest absolute Gasteiger partial charge is 0.390 e. The van der Waals surface area contributed by atoms with Crippen molar-refractivity contribution >= 4 is 0 Å². The van der Waals surface area contributed by atoms with E-state index in [2.05, 4.69) is 5.10 Å². The fourth-order valence-corrected chi connectivity index (χ4v) is 1.96. The fourth-order valence-electron chi connectivity index (χ4n) is 1.96. The molecule has 1 aromatic rings. The van der Waals surface area contributed by atoms with Crippen LogP contribution >= 0.6 is 0 Å². The average Bonchev–Trinajstić information content (AvgIpc) is 2.40. The van der Waals surface area contributed by atoms with Gasteiger partial charge < -0.3 is 5.11 Å². The highest BCUT2D eigenvalue weighted by molar-refractivity contribution is 5.30. The molecule has 0 unspecified atom stereocenters. The highest BCUT2D eigenvalue weighted by Crippen LogP contribution is 2.34. The third-order valence-corrected chi connectivity index (χ3v) is 2.67. The maximum absolute atomic E-state index is 13.1. The first-order chi connectivity index (χ1) is 6.53. The number of nitrogens with zero attached hydrogens (tertiary/aromatic N) is 2. The van der Waals surface area contributed by atoms with Gasteiger partial charge in [-0.3, -0.25) is 4.68 Å². The summed E-state index contributed by atoms with van der Waals surface area (Å²) in [6.45, 7) is -0.265. The lowest BCUT2D eigenvalue weighted by Gasteiger charge is -2.22. The summed E-state index contributed by atoms with van der Waals surface area (Å²) in [5.74, 6) is -2.64. The Labute approximate surface area is 80.3 Å². The van der Waals surface area contributed by atoms with E-state index in [1.54, 1.807) is 11.7 Å². The first kappa shape index (κ1) is 9.58. The Balaban J connectivity index is 2.44. The van der Waals surface area contributed by atoms with Gasteiger partial charge in [0.1, 0.15) is 0 Å². The Kier molecular flexibility index (Phi) is 2.06. The molecule has 0 fully saturated rings. The maximum Gasteiger partial charge on any atom is 0.252 e. The average molecular weight is 202 g/mol. The molecule has 0 saturated carbocycles. The number of aliphatic hydroxyl groups is 1. The van der Waals surface area contributed by atoms with Crippen molar-refractivity contribution in [2.75, 3.05) is 0 Å². The van der Waals surface area contributed by atoms with Gasteiger partial charge in [-0.25, -0.2) is 8.78 Å². The zero-order valence-corrected chi connectivity index (χ0v) is 7.93. The molecular weight excluding hydrogens is 190 g/mol.